The molecule has 1 unspecified atom stereocenters. The summed E-state index contributed by atoms with van der Waals surface area (Å²) >= 11 is 0. The standard InChI is InChI=1S/C16H24N2/c1-4-14(2)12-18(3)13-16-9-6-5-8-15(16)10-7-11-17/h5-6,8-9,14H,4,11-13,17H2,1-3H3. The number of nitrogens with zero attached hydrogens (tertiary/aromatic N) is 1. The predicted octanol–water partition coefficient (Wildman–Crippen LogP) is 2.47. The maximum atomic E-state index is 5.43. The molecule has 0 aliphatic heterocycles. The average molecular weight is 244 g/mol. The van der Waals surface area contributed by atoms with E-state index in [0.29, 0.717) is 6.54 Å². The molecular formula is C16H24N2. The van der Waals surface area contributed by atoms with E-state index < -0.39 is 0 Å². The van der Waals surface area contributed by atoms with Crippen LogP contribution in [-0.4, -0.2) is 25.0 Å². The molecular weight excluding hydrogens is 220 g/mol. The molecule has 2 N–H and O–H groups in total. The zero-order valence-corrected chi connectivity index (χ0v) is 11.7. The van der Waals surface area contributed by atoms with Crippen LogP contribution in [-0.2, 0) is 6.54 Å². The van der Waals surface area contributed by atoms with E-state index in [1.54, 1.807) is 0 Å². The van der Waals surface area contributed by atoms with Gasteiger partial charge in [-0.3, -0.25) is 0 Å². The molecule has 0 radical (unpaired) electrons. The van der Waals surface area contributed by atoms with E-state index in [0.717, 1.165) is 24.6 Å². The highest BCUT2D eigenvalue weighted by Crippen LogP contribution is 2.11. The first-order valence-electron chi connectivity index (χ1n) is 6.62. The van der Waals surface area contributed by atoms with Crippen molar-refractivity contribution in [2.75, 3.05) is 20.1 Å². The van der Waals surface area contributed by atoms with Crippen LogP contribution < -0.4 is 5.73 Å². The molecule has 0 spiro atoms. The Labute approximate surface area is 111 Å². The molecule has 18 heavy (non-hydrogen) atoms. The number of nitrogens with two attached hydrogens (primary N) is 1. The molecule has 1 atom stereocenters. The Morgan fingerprint density at radius 3 is 2.72 bits per heavy atom. The van der Waals surface area contributed by atoms with Crippen molar-refractivity contribution in [3.63, 3.8) is 0 Å². The van der Waals surface area contributed by atoms with Crippen LogP contribution in [0.5, 0.6) is 0 Å². The summed E-state index contributed by atoms with van der Waals surface area (Å²) in [6, 6.07) is 8.31. The maximum absolute atomic E-state index is 5.43. The monoisotopic (exact) mass is 244 g/mol. The van der Waals surface area contributed by atoms with Gasteiger partial charge in [0.05, 0.1) is 6.54 Å². The molecule has 1 aromatic carbocycles. The minimum atomic E-state index is 0.414. The van der Waals surface area contributed by atoms with Crippen molar-refractivity contribution >= 4 is 0 Å². The molecule has 0 saturated carbocycles. The third kappa shape index (κ3) is 4.91. The van der Waals surface area contributed by atoms with Gasteiger partial charge in [-0.25, -0.2) is 0 Å². The van der Waals surface area contributed by atoms with Crippen LogP contribution in [0.1, 0.15) is 31.4 Å². The SMILES string of the molecule is CCC(C)CN(C)Cc1ccccc1C#CCN. The zero-order chi connectivity index (χ0) is 13.4. The van der Waals surface area contributed by atoms with Gasteiger partial charge in [-0.05, 0) is 24.6 Å². The molecule has 0 aliphatic rings. The highest BCUT2D eigenvalue weighted by Gasteiger charge is 2.07. The first-order chi connectivity index (χ1) is 8.67. The summed E-state index contributed by atoms with van der Waals surface area (Å²) in [7, 11) is 2.17. The largest absolute Gasteiger partial charge is 0.320 e. The van der Waals surface area contributed by atoms with Gasteiger partial charge in [0.1, 0.15) is 0 Å². The smallest absolute Gasteiger partial charge is 0.0555 e. The van der Waals surface area contributed by atoms with Crippen LogP contribution >= 0.6 is 0 Å². The van der Waals surface area contributed by atoms with Crippen LogP contribution in [0.2, 0.25) is 0 Å². The van der Waals surface area contributed by atoms with Crippen LogP contribution in [0.3, 0.4) is 0 Å². The quantitative estimate of drug-likeness (QED) is 0.806. The Morgan fingerprint density at radius 2 is 2.06 bits per heavy atom. The van der Waals surface area contributed by atoms with E-state index in [2.05, 4.69) is 55.8 Å². The van der Waals surface area contributed by atoms with E-state index in [1.165, 1.54) is 12.0 Å². The van der Waals surface area contributed by atoms with Gasteiger partial charge in [0.2, 0.25) is 0 Å². The molecule has 98 valence electrons. The molecule has 1 rings (SSSR count). The van der Waals surface area contributed by atoms with Crippen molar-refractivity contribution in [3.8, 4) is 11.8 Å². The molecule has 0 aliphatic carbocycles. The van der Waals surface area contributed by atoms with Crippen molar-refractivity contribution in [1.29, 1.82) is 0 Å². The van der Waals surface area contributed by atoms with E-state index >= 15 is 0 Å². The van der Waals surface area contributed by atoms with Crippen molar-refractivity contribution in [1.82, 2.24) is 4.90 Å². The summed E-state index contributed by atoms with van der Waals surface area (Å²) < 4.78 is 0. The second-order valence-electron chi connectivity index (χ2n) is 4.87. The van der Waals surface area contributed by atoms with E-state index in [4.69, 9.17) is 5.73 Å². The zero-order valence-electron chi connectivity index (χ0n) is 11.7. The lowest BCUT2D eigenvalue weighted by molar-refractivity contribution is 0.275. The molecule has 0 amide bonds. The molecule has 0 heterocycles. The van der Waals surface area contributed by atoms with Gasteiger partial charge in [-0.15, -0.1) is 0 Å². The topological polar surface area (TPSA) is 29.3 Å². The summed E-state index contributed by atoms with van der Waals surface area (Å²) in [5.74, 6) is 6.81. The second kappa shape index (κ2) is 7.92. The van der Waals surface area contributed by atoms with Crippen molar-refractivity contribution in [3.05, 3.63) is 35.4 Å². The number of hydrogen-bond acceptors (Lipinski definition) is 2. The van der Waals surface area contributed by atoms with E-state index in [9.17, 15) is 0 Å². The number of rotatable bonds is 5. The van der Waals surface area contributed by atoms with Gasteiger partial charge in [-0.1, -0.05) is 50.3 Å². The summed E-state index contributed by atoms with van der Waals surface area (Å²) in [4.78, 5) is 2.36. The molecule has 1 aromatic rings. The molecule has 2 nitrogen and oxygen atoms in total. The molecule has 0 fully saturated rings. The number of benzene rings is 1. The van der Waals surface area contributed by atoms with Crippen LogP contribution in [0.4, 0.5) is 0 Å². The first kappa shape index (κ1) is 14.8. The van der Waals surface area contributed by atoms with E-state index in [-0.39, 0.29) is 0 Å². The fraction of sp³-hybridized carbons (Fsp3) is 0.500. The van der Waals surface area contributed by atoms with Gasteiger partial charge < -0.3 is 10.6 Å². The summed E-state index contributed by atoms with van der Waals surface area (Å²) in [5, 5.41) is 0. The minimum absolute atomic E-state index is 0.414. The van der Waals surface area contributed by atoms with Crippen molar-refractivity contribution in [2.24, 2.45) is 11.7 Å². The normalized spacial score (nSPS) is 12.1. The second-order valence-corrected chi connectivity index (χ2v) is 4.87. The van der Waals surface area contributed by atoms with Gasteiger partial charge in [0.25, 0.3) is 0 Å². The lowest BCUT2D eigenvalue weighted by Crippen LogP contribution is -2.24. The minimum Gasteiger partial charge on any atom is -0.320 e. The summed E-state index contributed by atoms with van der Waals surface area (Å²) in [6.07, 6.45) is 1.22. The average Bonchev–Trinajstić information content (AvgIpc) is 2.37. The van der Waals surface area contributed by atoms with Crippen LogP contribution in [0.15, 0.2) is 24.3 Å². The Morgan fingerprint density at radius 1 is 1.33 bits per heavy atom. The predicted molar refractivity (Wildman–Crippen MR) is 78.2 cm³/mol. The molecule has 2 heteroatoms. The van der Waals surface area contributed by atoms with Crippen LogP contribution in [0, 0.1) is 17.8 Å². The Balaban J connectivity index is 2.71. The number of hydrogen-bond donors (Lipinski definition) is 1. The van der Waals surface area contributed by atoms with Gasteiger partial charge >= 0.3 is 0 Å². The lowest BCUT2D eigenvalue weighted by atomic mass is 10.1. The van der Waals surface area contributed by atoms with Gasteiger partial charge in [-0.2, -0.15) is 0 Å². The van der Waals surface area contributed by atoms with Crippen molar-refractivity contribution < 1.29 is 0 Å². The maximum Gasteiger partial charge on any atom is 0.0555 e. The lowest BCUT2D eigenvalue weighted by Gasteiger charge is -2.21. The Bertz CT molecular complexity index is 415. The summed E-state index contributed by atoms with van der Waals surface area (Å²) in [5.41, 5.74) is 7.81. The highest BCUT2D eigenvalue weighted by molar-refractivity contribution is 5.41. The van der Waals surface area contributed by atoms with Gasteiger partial charge in [0, 0.05) is 18.7 Å². The third-order valence-electron chi connectivity index (χ3n) is 3.10. The van der Waals surface area contributed by atoms with E-state index in [1.807, 2.05) is 6.07 Å². The first-order valence-corrected chi connectivity index (χ1v) is 6.62. The Hall–Kier alpha value is -1.30. The fourth-order valence-electron chi connectivity index (χ4n) is 1.94. The summed E-state index contributed by atoms with van der Waals surface area (Å²) in [6.45, 7) is 7.00. The highest BCUT2D eigenvalue weighted by atomic mass is 15.1. The third-order valence-corrected chi connectivity index (χ3v) is 3.10. The molecule has 0 saturated heterocycles. The van der Waals surface area contributed by atoms with Gasteiger partial charge in [0.15, 0.2) is 0 Å². The van der Waals surface area contributed by atoms with Crippen LogP contribution in [0.25, 0.3) is 0 Å². The van der Waals surface area contributed by atoms with Crippen molar-refractivity contribution in [2.45, 2.75) is 26.8 Å². The Kier molecular flexibility index (Phi) is 6.49. The fourth-order valence-corrected chi connectivity index (χ4v) is 1.94. The molecule has 0 bridgehead atoms. The molecule has 0 aromatic heterocycles.